The third-order valence-corrected chi connectivity index (χ3v) is 5.80. The van der Waals surface area contributed by atoms with Crippen molar-refractivity contribution in [2.24, 2.45) is 0 Å². The predicted octanol–water partition coefficient (Wildman–Crippen LogP) is 3.41. The van der Waals surface area contributed by atoms with Crippen LogP contribution in [-0.4, -0.2) is 43.4 Å². The van der Waals surface area contributed by atoms with E-state index in [-0.39, 0.29) is 32.9 Å². The number of nitro groups is 1. The Balaban J connectivity index is 1.60. The van der Waals surface area contributed by atoms with E-state index in [1.165, 1.54) is 30.0 Å². The number of rotatable bonds is 7. The zero-order chi connectivity index (χ0) is 23.5. The van der Waals surface area contributed by atoms with Gasteiger partial charge < -0.3 is 10.1 Å². The third kappa shape index (κ3) is 4.66. The molecule has 0 spiro atoms. The van der Waals surface area contributed by atoms with Gasteiger partial charge in [0.05, 0.1) is 40.4 Å². The Morgan fingerprint density at radius 2 is 2.06 bits per heavy atom. The second-order valence-electron chi connectivity index (χ2n) is 6.62. The number of fused-ring (bicyclic) bond motifs is 1. The van der Waals surface area contributed by atoms with Crippen molar-refractivity contribution < 1.29 is 14.5 Å². The first-order chi connectivity index (χ1) is 15.9. The Morgan fingerprint density at radius 1 is 1.30 bits per heavy atom. The molecule has 0 unspecified atom stereocenters. The van der Waals surface area contributed by atoms with Crippen LogP contribution in [0.1, 0.15) is 0 Å². The first-order valence-electron chi connectivity index (χ1n) is 9.34. The summed E-state index contributed by atoms with van der Waals surface area (Å²) >= 11 is 7.07. The molecule has 168 valence electrons. The maximum atomic E-state index is 13.1. The number of thioether (sulfide) groups is 1. The highest BCUT2D eigenvalue weighted by Gasteiger charge is 2.17. The fourth-order valence-electron chi connectivity index (χ4n) is 2.97. The first-order valence-corrected chi connectivity index (χ1v) is 10.7. The Bertz CT molecular complexity index is 1420. The molecule has 0 fully saturated rings. The number of ether oxygens (including phenoxy) is 1. The van der Waals surface area contributed by atoms with Crippen molar-refractivity contribution in [2.45, 2.75) is 5.16 Å². The van der Waals surface area contributed by atoms with Gasteiger partial charge in [-0.15, -0.1) is 0 Å². The minimum absolute atomic E-state index is 0.0368. The van der Waals surface area contributed by atoms with Crippen molar-refractivity contribution in [3.63, 3.8) is 0 Å². The number of aromatic nitrogens is 4. The maximum Gasteiger partial charge on any atom is 0.271 e. The molecule has 4 rings (SSSR count). The zero-order valence-corrected chi connectivity index (χ0v) is 18.5. The van der Waals surface area contributed by atoms with E-state index < -0.39 is 10.8 Å². The highest BCUT2D eigenvalue weighted by molar-refractivity contribution is 7.99. The second-order valence-corrected chi connectivity index (χ2v) is 7.97. The van der Waals surface area contributed by atoms with Crippen LogP contribution in [0.15, 0.2) is 58.6 Å². The van der Waals surface area contributed by atoms with Crippen molar-refractivity contribution in [2.75, 3.05) is 18.2 Å². The van der Waals surface area contributed by atoms with Crippen molar-refractivity contribution >= 4 is 51.7 Å². The largest absolute Gasteiger partial charge is 0.497 e. The molecule has 2 aromatic carbocycles. The number of amides is 1. The number of methoxy groups -OCH3 is 1. The Hall–Kier alpha value is -3.90. The molecule has 13 heteroatoms. The third-order valence-electron chi connectivity index (χ3n) is 4.55. The highest BCUT2D eigenvalue weighted by Crippen LogP contribution is 2.27. The van der Waals surface area contributed by atoms with Crippen LogP contribution in [0.4, 0.5) is 11.4 Å². The Kier molecular flexibility index (Phi) is 6.29. The van der Waals surface area contributed by atoms with Crippen molar-refractivity contribution in [3.05, 3.63) is 74.2 Å². The van der Waals surface area contributed by atoms with Crippen LogP contribution in [0.3, 0.4) is 0 Å². The number of aromatic amines is 1. The van der Waals surface area contributed by atoms with Crippen LogP contribution in [0.2, 0.25) is 5.02 Å². The van der Waals surface area contributed by atoms with E-state index >= 15 is 0 Å². The second kappa shape index (κ2) is 9.30. The molecule has 0 atom stereocenters. The summed E-state index contributed by atoms with van der Waals surface area (Å²) < 4.78 is 6.55. The lowest BCUT2D eigenvalue weighted by molar-refractivity contribution is -0.384. The molecule has 0 saturated heterocycles. The van der Waals surface area contributed by atoms with E-state index in [0.29, 0.717) is 22.5 Å². The fourth-order valence-corrected chi connectivity index (χ4v) is 3.99. The normalized spacial score (nSPS) is 10.8. The minimum atomic E-state index is -0.580. The van der Waals surface area contributed by atoms with E-state index in [1.54, 1.807) is 24.3 Å². The minimum Gasteiger partial charge on any atom is -0.497 e. The van der Waals surface area contributed by atoms with Gasteiger partial charge in [-0.2, -0.15) is 5.10 Å². The molecule has 0 aliphatic rings. The van der Waals surface area contributed by atoms with E-state index in [9.17, 15) is 19.7 Å². The number of carbonyl (C=O) groups is 1. The van der Waals surface area contributed by atoms with Crippen LogP contribution in [-0.2, 0) is 4.79 Å². The number of benzene rings is 2. The van der Waals surface area contributed by atoms with Gasteiger partial charge in [0.25, 0.3) is 11.2 Å². The van der Waals surface area contributed by atoms with Gasteiger partial charge >= 0.3 is 0 Å². The summed E-state index contributed by atoms with van der Waals surface area (Å²) in [6.45, 7) is 0. The van der Waals surface area contributed by atoms with Gasteiger partial charge in [-0.3, -0.25) is 29.4 Å². The number of H-pyrrole nitrogens is 1. The summed E-state index contributed by atoms with van der Waals surface area (Å²) in [5.41, 5.74) is 0.536. The van der Waals surface area contributed by atoms with Crippen LogP contribution in [0.5, 0.6) is 5.75 Å². The van der Waals surface area contributed by atoms with Crippen LogP contribution in [0, 0.1) is 10.1 Å². The Labute approximate surface area is 194 Å². The summed E-state index contributed by atoms with van der Waals surface area (Å²) in [4.78, 5) is 40.3. The predicted molar refractivity (Wildman–Crippen MR) is 123 cm³/mol. The van der Waals surface area contributed by atoms with Crippen molar-refractivity contribution in [3.8, 4) is 11.4 Å². The van der Waals surface area contributed by atoms with E-state index in [4.69, 9.17) is 16.3 Å². The summed E-state index contributed by atoms with van der Waals surface area (Å²) in [6.07, 6.45) is 1.39. The molecule has 11 nitrogen and oxygen atoms in total. The average Bonchev–Trinajstić information content (AvgIpc) is 3.28. The van der Waals surface area contributed by atoms with E-state index in [2.05, 4.69) is 20.5 Å². The van der Waals surface area contributed by atoms with E-state index in [0.717, 1.165) is 17.8 Å². The number of halogens is 1. The van der Waals surface area contributed by atoms with Crippen LogP contribution in [0.25, 0.3) is 16.7 Å². The van der Waals surface area contributed by atoms with Crippen molar-refractivity contribution in [1.29, 1.82) is 0 Å². The highest BCUT2D eigenvalue weighted by atomic mass is 35.5. The van der Waals surface area contributed by atoms with Gasteiger partial charge in [0.2, 0.25) is 5.91 Å². The maximum absolute atomic E-state index is 13.1. The number of non-ortho nitro benzene ring substituents is 1. The van der Waals surface area contributed by atoms with Crippen LogP contribution >= 0.6 is 23.4 Å². The molecule has 2 heterocycles. The summed E-state index contributed by atoms with van der Waals surface area (Å²) in [5, 5.41) is 20.6. The number of nitrogens with zero attached hydrogens (tertiary/aromatic N) is 4. The number of hydrogen-bond donors (Lipinski definition) is 2. The van der Waals surface area contributed by atoms with Crippen molar-refractivity contribution in [1.82, 2.24) is 19.7 Å². The topological polar surface area (TPSA) is 145 Å². The molecule has 0 bridgehead atoms. The van der Waals surface area contributed by atoms with Gasteiger partial charge in [-0.05, 0) is 30.3 Å². The molecule has 0 aliphatic heterocycles. The lowest BCUT2D eigenvalue weighted by Gasteiger charge is -2.12. The smallest absolute Gasteiger partial charge is 0.271 e. The van der Waals surface area contributed by atoms with Gasteiger partial charge in [0.1, 0.15) is 11.1 Å². The number of carbonyl (C=O) groups excluding carboxylic acids is 1. The summed E-state index contributed by atoms with van der Waals surface area (Å²) in [5.74, 6) is 0.0870. The molecule has 1 amide bonds. The van der Waals surface area contributed by atoms with Gasteiger partial charge in [0.15, 0.2) is 10.8 Å². The summed E-state index contributed by atoms with van der Waals surface area (Å²) in [6, 6.07) is 10.6. The van der Waals surface area contributed by atoms with Gasteiger partial charge in [0, 0.05) is 12.1 Å². The monoisotopic (exact) mass is 486 g/mol. The average molecular weight is 487 g/mol. The zero-order valence-electron chi connectivity index (χ0n) is 16.9. The number of nitrogens with one attached hydrogen (secondary N) is 2. The molecule has 4 aromatic rings. The SMILES string of the molecule is COc1ccc(-n2c(SCC(=O)Nc3ccc([N+](=O)[O-])cc3Cl)nc3[nH]ncc3c2=O)cc1. The Morgan fingerprint density at radius 3 is 2.73 bits per heavy atom. The molecular formula is C20H15ClN6O5S. The fraction of sp³-hybridized carbons (Fsp3) is 0.100. The lowest BCUT2D eigenvalue weighted by Crippen LogP contribution is -2.22. The van der Waals surface area contributed by atoms with E-state index in [1.807, 2.05) is 0 Å². The number of nitro benzene ring substituents is 1. The van der Waals surface area contributed by atoms with Crippen LogP contribution < -0.4 is 15.6 Å². The first kappa shape index (κ1) is 22.3. The molecule has 2 aromatic heterocycles. The summed E-state index contributed by atoms with van der Waals surface area (Å²) in [7, 11) is 1.54. The van der Waals surface area contributed by atoms with Gasteiger partial charge in [-0.1, -0.05) is 23.4 Å². The molecule has 33 heavy (non-hydrogen) atoms. The molecule has 0 aliphatic carbocycles. The number of anilines is 1. The molecule has 0 radical (unpaired) electrons. The number of hydrogen-bond acceptors (Lipinski definition) is 8. The molecule has 0 saturated carbocycles. The molecule has 2 N–H and O–H groups in total. The quantitative estimate of drug-likeness (QED) is 0.175. The standard InChI is InChI=1S/C20H15ClN6O5S/c1-32-13-5-2-11(3-6-13)26-19(29)14-9-22-25-18(14)24-20(26)33-10-17(28)23-16-7-4-12(27(30)31)8-15(16)21/h2-9H,10H2,1H3,(H,22,25)(H,23,28). The molecular weight excluding hydrogens is 472 g/mol. The lowest BCUT2D eigenvalue weighted by atomic mass is 10.3. The van der Waals surface area contributed by atoms with Gasteiger partial charge in [-0.25, -0.2) is 4.98 Å².